The van der Waals surface area contributed by atoms with Gasteiger partial charge in [0, 0.05) is 19.1 Å². The first-order chi connectivity index (χ1) is 6.05. The first-order valence-electron chi connectivity index (χ1n) is 4.98. The molecule has 78 valence electrons. The fraction of sp³-hybridized carbons (Fsp3) is 1.00. The summed E-state index contributed by atoms with van der Waals surface area (Å²) >= 11 is 0. The summed E-state index contributed by atoms with van der Waals surface area (Å²) in [6.07, 6.45) is 0. The zero-order valence-corrected chi connectivity index (χ0v) is 8.92. The molecule has 0 aromatic heterocycles. The molecule has 1 rings (SSSR count). The number of aliphatic hydroxyl groups is 1. The molecule has 0 saturated carbocycles. The molecule has 0 aromatic rings. The summed E-state index contributed by atoms with van der Waals surface area (Å²) in [6.45, 7) is 10.2. The van der Waals surface area contributed by atoms with E-state index in [-0.39, 0.29) is 18.1 Å². The topological polar surface area (TPSA) is 32.7 Å². The third kappa shape index (κ3) is 2.93. The molecule has 3 nitrogen and oxygen atoms in total. The van der Waals surface area contributed by atoms with Crippen molar-refractivity contribution >= 4 is 0 Å². The lowest BCUT2D eigenvalue weighted by Gasteiger charge is -2.40. The molecule has 1 fully saturated rings. The minimum Gasteiger partial charge on any atom is -0.395 e. The van der Waals surface area contributed by atoms with Gasteiger partial charge in [0.1, 0.15) is 0 Å². The van der Waals surface area contributed by atoms with E-state index in [4.69, 9.17) is 4.74 Å². The molecule has 1 saturated heterocycles. The Morgan fingerprint density at radius 1 is 1.31 bits per heavy atom. The van der Waals surface area contributed by atoms with E-state index >= 15 is 0 Å². The Morgan fingerprint density at radius 2 is 1.85 bits per heavy atom. The second-order valence-corrected chi connectivity index (χ2v) is 4.71. The maximum atomic E-state index is 9.33. The van der Waals surface area contributed by atoms with Crippen molar-refractivity contribution in [3.8, 4) is 0 Å². The van der Waals surface area contributed by atoms with Gasteiger partial charge in [-0.15, -0.1) is 0 Å². The first kappa shape index (κ1) is 11.0. The number of morpholine rings is 1. The van der Waals surface area contributed by atoms with Crippen LogP contribution in [-0.2, 0) is 4.74 Å². The molecule has 0 aromatic carbocycles. The predicted octanol–water partition coefficient (Wildman–Crippen LogP) is 0.726. The van der Waals surface area contributed by atoms with E-state index in [1.807, 2.05) is 0 Å². The summed E-state index contributed by atoms with van der Waals surface area (Å²) in [5.74, 6) is 0. The summed E-state index contributed by atoms with van der Waals surface area (Å²) in [6, 6.07) is 0.261. The van der Waals surface area contributed by atoms with Crippen molar-refractivity contribution in [2.45, 2.75) is 26.8 Å². The van der Waals surface area contributed by atoms with E-state index < -0.39 is 0 Å². The van der Waals surface area contributed by atoms with Crippen LogP contribution in [0.2, 0.25) is 0 Å². The van der Waals surface area contributed by atoms with Crippen molar-refractivity contribution in [3.05, 3.63) is 0 Å². The highest BCUT2D eigenvalue weighted by atomic mass is 16.5. The number of ether oxygens (including phenoxy) is 1. The summed E-state index contributed by atoms with van der Waals surface area (Å²) in [7, 11) is 0. The summed E-state index contributed by atoms with van der Waals surface area (Å²) in [5, 5.41) is 9.33. The lowest BCUT2D eigenvalue weighted by Crippen LogP contribution is -2.51. The second-order valence-electron chi connectivity index (χ2n) is 4.71. The SMILES string of the molecule is CC(C)(C)C(CO)N1CCOCC1. The predicted molar refractivity (Wildman–Crippen MR) is 52.7 cm³/mol. The van der Waals surface area contributed by atoms with Crippen LogP contribution >= 0.6 is 0 Å². The van der Waals surface area contributed by atoms with Gasteiger partial charge in [-0.2, -0.15) is 0 Å². The Balaban J connectivity index is 2.54. The Kier molecular flexibility index (Phi) is 3.71. The molecule has 1 atom stereocenters. The van der Waals surface area contributed by atoms with E-state index in [1.165, 1.54) is 0 Å². The van der Waals surface area contributed by atoms with Crippen LogP contribution in [0.4, 0.5) is 0 Å². The van der Waals surface area contributed by atoms with Gasteiger partial charge in [0.25, 0.3) is 0 Å². The van der Waals surface area contributed by atoms with Crippen molar-refractivity contribution in [2.75, 3.05) is 32.9 Å². The van der Waals surface area contributed by atoms with Crippen LogP contribution in [0.1, 0.15) is 20.8 Å². The molecule has 0 aliphatic carbocycles. The second kappa shape index (κ2) is 4.40. The molecule has 1 heterocycles. The van der Waals surface area contributed by atoms with Crippen molar-refractivity contribution in [2.24, 2.45) is 5.41 Å². The molecule has 0 bridgehead atoms. The average Bonchev–Trinajstić information content (AvgIpc) is 2.05. The van der Waals surface area contributed by atoms with E-state index in [0.29, 0.717) is 0 Å². The molecule has 13 heavy (non-hydrogen) atoms. The molecule has 0 spiro atoms. The van der Waals surface area contributed by atoms with Crippen molar-refractivity contribution < 1.29 is 9.84 Å². The number of hydrogen-bond acceptors (Lipinski definition) is 3. The molecule has 1 aliphatic rings. The Bertz CT molecular complexity index is 147. The molecule has 1 N–H and O–H groups in total. The van der Waals surface area contributed by atoms with Gasteiger partial charge in [-0.1, -0.05) is 20.8 Å². The van der Waals surface area contributed by atoms with Crippen LogP contribution in [0.3, 0.4) is 0 Å². The van der Waals surface area contributed by atoms with Gasteiger partial charge in [0.15, 0.2) is 0 Å². The van der Waals surface area contributed by atoms with E-state index in [1.54, 1.807) is 0 Å². The zero-order chi connectivity index (χ0) is 9.90. The van der Waals surface area contributed by atoms with Crippen LogP contribution in [0, 0.1) is 5.41 Å². The maximum Gasteiger partial charge on any atom is 0.0594 e. The van der Waals surface area contributed by atoms with Crippen LogP contribution in [0.15, 0.2) is 0 Å². The van der Waals surface area contributed by atoms with Gasteiger partial charge < -0.3 is 9.84 Å². The fourth-order valence-corrected chi connectivity index (χ4v) is 1.83. The lowest BCUT2D eigenvalue weighted by molar-refractivity contribution is -0.0278. The summed E-state index contributed by atoms with van der Waals surface area (Å²) in [4.78, 5) is 2.32. The number of aliphatic hydroxyl groups excluding tert-OH is 1. The molecule has 3 heteroatoms. The fourth-order valence-electron chi connectivity index (χ4n) is 1.83. The monoisotopic (exact) mass is 187 g/mol. The third-order valence-corrected chi connectivity index (χ3v) is 2.66. The largest absolute Gasteiger partial charge is 0.395 e. The average molecular weight is 187 g/mol. The minimum absolute atomic E-state index is 0.145. The highest BCUT2D eigenvalue weighted by molar-refractivity contribution is 4.83. The highest BCUT2D eigenvalue weighted by Crippen LogP contribution is 2.24. The van der Waals surface area contributed by atoms with Crippen LogP contribution < -0.4 is 0 Å². The van der Waals surface area contributed by atoms with Gasteiger partial charge in [-0.3, -0.25) is 4.90 Å². The minimum atomic E-state index is 0.145. The normalized spacial score (nSPS) is 23.1. The number of nitrogens with zero attached hydrogens (tertiary/aromatic N) is 1. The summed E-state index contributed by atoms with van der Waals surface area (Å²) in [5.41, 5.74) is 0.145. The van der Waals surface area contributed by atoms with Gasteiger partial charge in [0.2, 0.25) is 0 Å². The Morgan fingerprint density at radius 3 is 2.23 bits per heavy atom. The van der Waals surface area contributed by atoms with Crippen LogP contribution in [-0.4, -0.2) is 49.0 Å². The molecule has 0 amide bonds. The van der Waals surface area contributed by atoms with Crippen molar-refractivity contribution in [1.82, 2.24) is 4.90 Å². The molecular weight excluding hydrogens is 166 g/mol. The van der Waals surface area contributed by atoms with Crippen molar-refractivity contribution in [1.29, 1.82) is 0 Å². The van der Waals surface area contributed by atoms with E-state index in [2.05, 4.69) is 25.7 Å². The number of rotatable bonds is 2. The van der Waals surface area contributed by atoms with Gasteiger partial charge in [0.05, 0.1) is 19.8 Å². The quantitative estimate of drug-likeness (QED) is 0.691. The van der Waals surface area contributed by atoms with E-state index in [0.717, 1.165) is 26.3 Å². The maximum absolute atomic E-state index is 9.33. The Hall–Kier alpha value is -0.120. The van der Waals surface area contributed by atoms with Gasteiger partial charge in [-0.05, 0) is 5.41 Å². The molecule has 1 unspecified atom stereocenters. The molecule has 1 aliphatic heterocycles. The van der Waals surface area contributed by atoms with Crippen molar-refractivity contribution in [3.63, 3.8) is 0 Å². The standard InChI is InChI=1S/C10H21NO2/c1-10(2,3)9(8-12)11-4-6-13-7-5-11/h9,12H,4-8H2,1-3H3. The first-order valence-corrected chi connectivity index (χ1v) is 4.98. The highest BCUT2D eigenvalue weighted by Gasteiger charge is 2.30. The summed E-state index contributed by atoms with van der Waals surface area (Å²) < 4.78 is 5.28. The van der Waals surface area contributed by atoms with Crippen LogP contribution in [0.5, 0.6) is 0 Å². The zero-order valence-electron chi connectivity index (χ0n) is 8.92. The smallest absolute Gasteiger partial charge is 0.0594 e. The molecule has 0 radical (unpaired) electrons. The van der Waals surface area contributed by atoms with Gasteiger partial charge >= 0.3 is 0 Å². The van der Waals surface area contributed by atoms with E-state index in [9.17, 15) is 5.11 Å². The third-order valence-electron chi connectivity index (χ3n) is 2.66. The van der Waals surface area contributed by atoms with Gasteiger partial charge in [-0.25, -0.2) is 0 Å². The van der Waals surface area contributed by atoms with Crippen LogP contribution in [0.25, 0.3) is 0 Å². The Labute approximate surface area is 80.7 Å². The number of hydrogen-bond donors (Lipinski definition) is 1. The lowest BCUT2D eigenvalue weighted by atomic mass is 9.86. The molecular formula is C10H21NO2.